The van der Waals surface area contributed by atoms with Crippen molar-refractivity contribution in [3.8, 4) is 11.5 Å². The van der Waals surface area contributed by atoms with Crippen molar-refractivity contribution in [3.63, 3.8) is 0 Å². The number of aliphatic hydroxyl groups excluding tert-OH is 1. The number of benzene rings is 1. The number of ether oxygens (including phenoxy) is 2. The van der Waals surface area contributed by atoms with Crippen molar-refractivity contribution in [2.24, 2.45) is 22.0 Å². The molecule has 1 saturated heterocycles. The second-order valence-corrected chi connectivity index (χ2v) is 9.25. The fourth-order valence-corrected chi connectivity index (χ4v) is 4.97. The molecule has 0 saturated carbocycles. The number of aryl methyl sites for hydroxylation is 1. The summed E-state index contributed by atoms with van der Waals surface area (Å²) in [6.45, 7) is 0.507. The molecule has 0 spiro atoms. The summed E-state index contributed by atoms with van der Waals surface area (Å²) in [6, 6.07) is 2.51. The van der Waals surface area contributed by atoms with E-state index in [1.807, 2.05) is 24.2 Å². The van der Waals surface area contributed by atoms with Crippen LogP contribution >= 0.6 is 0 Å². The van der Waals surface area contributed by atoms with Crippen LogP contribution in [0.3, 0.4) is 0 Å². The fraction of sp³-hybridized carbons (Fsp3) is 0.423. The van der Waals surface area contributed by atoms with Gasteiger partial charge in [0.25, 0.3) is 0 Å². The molecule has 1 aromatic carbocycles. The Morgan fingerprint density at radius 1 is 1.24 bits per heavy atom. The molecule has 3 unspecified atom stereocenters. The van der Waals surface area contributed by atoms with Crippen molar-refractivity contribution in [3.05, 3.63) is 48.1 Å². The molecule has 3 atom stereocenters. The van der Waals surface area contributed by atoms with Crippen molar-refractivity contribution in [2.75, 3.05) is 33.9 Å². The Kier molecular flexibility index (Phi) is 7.23. The maximum Gasteiger partial charge on any atom is 0.223 e. The van der Waals surface area contributed by atoms with E-state index in [0.717, 1.165) is 5.56 Å². The van der Waals surface area contributed by atoms with Crippen LogP contribution in [-0.2, 0) is 11.8 Å². The van der Waals surface area contributed by atoms with E-state index in [9.17, 15) is 9.90 Å². The van der Waals surface area contributed by atoms with E-state index in [1.165, 1.54) is 26.4 Å². The topological polar surface area (TPSA) is 117 Å². The van der Waals surface area contributed by atoms with Crippen LogP contribution in [-0.4, -0.2) is 101 Å². The molecular weight excluding hydrogens is 493 g/mol. The van der Waals surface area contributed by atoms with E-state index in [0.29, 0.717) is 36.7 Å². The second kappa shape index (κ2) is 10.7. The summed E-state index contributed by atoms with van der Waals surface area (Å²) in [6.07, 6.45) is 9.56. The van der Waals surface area contributed by atoms with Crippen molar-refractivity contribution in [1.29, 1.82) is 0 Å². The molecule has 200 valence electrons. The number of aliphatic imine (C=N–C) groups is 3. The highest BCUT2D eigenvalue weighted by Gasteiger charge is 2.38. The Morgan fingerprint density at radius 3 is 2.79 bits per heavy atom. The Bertz CT molecular complexity index is 1330. The highest BCUT2D eigenvalue weighted by Crippen LogP contribution is 2.34. The standard InChI is InChI=1S/C26H30FN7O4/c1-32-14-16(12-29-32)21-13-28-19-5-6-23(30-20-10-18(37-2)11-22(38-3)25(20)27)34(26(19)31-21)15-17-4-7-24(36)33(17)8-9-35/h5-6,10-14,17,19,26,35H,4,7-9,15H2,1-3H3. The van der Waals surface area contributed by atoms with Crippen molar-refractivity contribution in [2.45, 2.75) is 31.1 Å². The minimum Gasteiger partial charge on any atom is -0.497 e. The van der Waals surface area contributed by atoms with E-state index in [1.54, 1.807) is 28.1 Å². The highest BCUT2D eigenvalue weighted by molar-refractivity contribution is 6.38. The predicted molar refractivity (Wildman–Crippen MR) is 140 cm³/mol. The van der Waals surface area contributed by atoms with Gasteiger partial charge in [-0.2, -0.15) is 5.10 Å². The third-order valence-corrected chi connectivity index (χ3v) is 6.89. The van der Waals surface area contributed by atoms with Crippen molar-refractivity contribution in [1.82, 2.24) is 19.6 Å². The minimum atomic E-state index is -0.615. The molecule has 0 bridgehead atoms. The van der Waals surface area contributed by atoms with Gasteiger partial charge in [-0.25, -0.2) is 9.38 Å². The fourth-order valence-electron chi connectivity index (χ4n) is 4.97. The predicted octanol–water partition coefficient (Wildman–Crippen LogP) is 1.73. The van der Waals surface area contributed by atoms with Gasteiger partial charge in [-0.15, -0.1) is 0 Å². The molecule has 0 aliphatic carbocycles. The highest BCUT2D eigenvalue weighted by atomic mass is 19.1. The van der Waals surface area contributed by atoms with Crippen LogP contribution in [0.4, 0.5) is 10.1 Å². The lowest BCUT2D eigenvalue weighted by atomic mass is 10.0. The maximum atomic E-state index is 15.2. The molecule has 3 aliphatic rings. The molecule has 11 nitrogen and oxygen atoms in total. The molecule has 1 fully saturated rings. The summed E-state index contributed by atoms with van der Waals surface area (Å²) in [7, 11) is 4.70. The average molecular weight is 524 g/mol. The molecule has 3 aliphatic heterocycles. The van der Waals surface area contributed by atoms with Crippen LogP contribution in [0.15, 0.2) is 51.7 Å². The number of aliphatic hydroxyl groups is 1. The van der Waals surface area contributed by atoms with Gasteiger partial charge in [0.05, 0.1) is 32.7 Å². The smallest absolute Gasteiger partial charge is 0.223 e. The van der Waals surface area contributed by atoms with Crippen LogP contribution in [0.1, 0.15) is 18.4 Å². The lowest BCUT2D eigenvalue weighted by Gasteiger charge is -2.40. The molecule has 1 N–H and O–H groups in total. The van der Waals surface area contributed by atoms with E-state index in [4.69, 9.17) is 19.5 Å². The van der Waals surface area contributed by atoms with Crippen LogP contribution in [0, 0.1) is 5.82 Å². The first kappa shape index (κ1) is 25.6. The van der Waals surface area contributed by atoms with Crippen LogP contribution in [0.2, 0.25) is 0 Å². The SMILES string of the molecule is COc1cc(N=C2C=CC3N=CC(c4cnn(C)c4)=NC3N2CC2CCC(=O)N2CCO)c(F)c(OC)c1. The van der Waals surface area contributed by atoms with Crippen LogP contribution in [0.5, 0.6) is 11.5 Å². The van der Waals surface area contributed by atoms with Crippen LogP contribution in [0.25, 0.3) is 0 Å². The van der Waals surface area contributed by atoms with Gasteiger partial charge in [0, 0.05) is 62.7 Å². The molecular formula is C26H30FN7O4. The Morgan fingerprint density at radius 2 is 2.08 bits per heavy atom. The second-order valence-electron chi connectivity index (χ2n) is 9.25. The molecule has 2 aromatic rings. The summed E-state index contributed by atoms with van der Waals surface area (Å²) in [5.74, 6) is 0.270. The van der Waals surface area contributed by atoms with Crippen molar-refractivity contribution < 1.29 is 23.8 Å². The Hall–Kier alpha value is -4.06. The molecule has 4 heterocycles. The first-order valence-corrected chi connectivity index (χ1v) is 12.4. The number of hydrogen-bond donors (Lipinski definition) is 1. The first-order valence-electron chi connectivity index (χ1n) is 12.4. The summed E-state index contributed by atoms with van der Waals surface area (Å²) in [5, 5.41) is 13.8. The molecule has 5 rings (SSSR count). The number of methoxy groups -OCH3 is 2. The van der Waals surface area contributed by atoms with Crippen molar-refractivity contribution >= 4 is 29.4 Å². The number of halogens is 1. The number of likely N-dealkylation sites (tertiary alicyclic amines) is 1. The lowest BCUT2D eigenvalue weighted by Crippen LogP contribution is -2.53. The maximum absolute atomic E-state index is 15.2. The number of carbonyl (C=O) groups excluding carboxylic acids is 1. The molecule has 1 amide bonds. The third kappa shape index (κ3) is 4.91. The number of β-amino-alcohol motifs (C(OH)–C–C–N with tert-alkyl or cyclic N) is 1. The first-order chi connectivity index (χ1) is 18.4. The Balaban J connectivity index is 1.57. The number of carbonyl (C=O) groups is 1. The van der Waals surface area contributed by atoms with Crippen LogP contribution < -0.4 is 9.47 Å². The largest absolute Gasteiger partial charge is 0.497 e. The summed E-state index contributed by atoms with van der Waals surface area (Å²) in [4.78, 5) is 30.5. The molecule has 38 heavy (non-hydrogen) atoms. The number of rotatable bonds is 8. The zero-order valence-corrected chi connectivity index (χ0v) is 21.5. The van der Waals surface area contributed by atoms with E-state index < -0.39 is 12.0 Å². The van der Waals surface area contributed by atoms with Gasteiger partial charge in [-0.05, 0) is 12.5 Å². The van der Waals surface area contributed by atoms with Gasteiger partial charge in [0.1, 0.15) is 29.5 Å². The monoisotopic (exact) mass is 523 g/mol. The molecule has 0 radical (unpaired) electrons. The lowest BCUT2D eigenvalue weighted by molar-refractivity contribution is -0.129. The number of fused-ring (bicyclic) bond motifs is 1. The quantitative estimate of drug-likeness (QED) is 0.563. The number of amides is 1. The summed E-state index contributed by atoms with van der Waals surface area (Å²) < 4.78 is 27.4. The zero-order valence-electron chi connectivity index (χ0n) is 21.5. The zero-order chi connectivity index (χ0) is 26.8. The third-order valence-electron chi connectivity index (χ3n) is 6.89. The van der Waals surface area contributed by atoms with Gasteiger partial charge in [-0.3, -0.25) is 19.5 Å². The van der Waals surface area contributed by atoms with E-state index >= 15 is 4.39 Å². The summed E-state index contributed by atoms with van der Waals surface area (Å²) >= 11 is 0. The van der Waals surface area contributed by atoms with Gasteiger partial charge >= 0.3 is 0 Å². The average Bonchev–Trinajstić information content (AvgIpc) is 3.51. The molecule has 12 heteroatoms. The molecule has 1 aromatic heterocycles. The minimum absolute atomic E-state index is 0.00330. The van der Waals surface area contributed by atoms with Gasteiger partial charge in [0.2, 0.25) is 5.91 Å². The van der Waals surface area contributed by atoms with E-state index in [-0.39, 0.29) is 42.6 Å². The number of amidine groups is 1. The normalized spacial score (nSPS) is 23.7. The Labute approximate surface area is 219 Å². The van der Waals surface area contributed by atoms with Gasteiger partial charge < -0.3 is 24.4 Å². The number of aromatic nitrogens is 2. The summed E-state index contributed by atoms with van der Waals surface area (Å²) in [5.41, 5.74) is 1.54. The number of nitrogens with zero attached hydrogens (tertiary/aromatic N) is 7. The number of hydrogen-bond acceptors (Lipinski definition) is 8. The van der Waals surface area contributed by atoms with Gasteiger partial charge in [0.15, 0.2) is 11.6 Å². The van der Waals surface area contributed by atoms with E-state index in [2.05, 4.69) is 10.1 Å². The van der Waals surface area contributed by atoms with Gasteiger partial charge in [-0.1, -0.05) is 6.08 Å².